The molecule has 5 nitrogen and oxygen atoms in total. The number of halogens is 1. The molecule has 0 bridgehead atoms. The molecule has 2 heterocycles. The fourth-order valence-electron chi connectivity index (χ4n) is 1.51. The van der Waals surface area contributed by atoms with Crippen molar-refractivity contribution in [3.05, 3.63) is 49.8 Å². The second kappa shape index (κ2) is 6.12. The Bertz CT molecular complexity index is 649. The number of rotatable bonds is 5. The Hall–Kier alpha value is -1.47. The molecule has 0 amide bonds. The maximum absolute atomic E-state index is 12.0. The number of anilines is 1. The lowest BCUT2D eigenvalue weighted by Gasteiger charge is -2.09. The lowest BCUT2D eigenvalue weighted by Crippen LogP contribution is -2.23. The van der Waals surface area contributed by atoms with Crippen molar-refractivity contribution in [2.24, 2.45) is 0 Å². The minimum atomic E-state index is -0.175. The molecule has 0 aliphatic rings. The van der Waals surface area contributed by atoms with Gasteiger partial charge in [-0.25, -0.2) is 9.67 Å². The lowest BCUT2D eigenvalue weighted by atomic mass is 10.3. The van der Waals surface area contributed by atoms with E-state index in [2.05, 4.69) is 37.9 Å². The molecule has 2 aromatic heterocycles. The third-order valence-electron chi connectivity index (χ3n) is 2.57. The fourth-order valence-corrected chi connectivity index (χ4v) is 2.68. The molecular weight excluding hydrogens is 328 g/mol. The van der Waals surface area contributed by atoms with Gasteiger partial charge in [-0.15, -0.1) is 17.9 Å². The largest absolute Gasteiger partial charge is 0.378 e. The van der Waals surface area contributed by atoms with Crippen molar-refractivity contribution in [1.29, 1.82) is 0 Å². The van der Waals surface area contributed by atoms with Gasteiger partial charge in [0.05, 0.1) is 36.2 Å². The first-order chi connectivity index (χ1) is 9.13. The molecule has 0 aromatic carbocycles. The Kier molecular flexibility index (Phi) is 4.49. The van der Waals surface area contributed by atoms with E-state index in [0.717, 1.165) is 10.6 Å². The topological polar surface area (TPSA) is 59.8 Å². The summed E-state index contributed by atoms with van der Waals surface area (Å²) in [4.78, 5) is 17.3. The van der Waals surface area contributed by atoms with Crippen LogP contribution in [0.3, 0.4) is 0 Å². The molecule has 0 unspecified atom stereocenters. The van der Waals surface area contributed by atoms with Gasteiger partial charge < -0.3 is 5.32 Å². The lowest BCUT2D eigenvalue weighted by molar-refractivity contribution is 0.649. The minimum absolute atomic E-state index is 0.175. The van der Waals surface area contributed by atoms with E-state index in [1.165, 1.54) is 4.68 Å². The van der Waals surface area contributed by atoms with Crippen LogP contribution in [-0.2, 0) is 13.1 Å². The van der Waals surface area contributed by atoms with Gasteiger partial charge in [-0.2, -0.15) is 5.10 Å². The van der Waals surface area contributed by atoms with Crippen LogP contribution in [0.1, 0.15) is 10.6 Å². The van der Waals surface area contributed by atoms with Gasteiger partial charge in [0.2, 0.25) is 0 Å². The van der Waals surface area contributed by atoms with Crippen molar-refractivity contribution >= 4 is 33.0 Å². The van der Waals surface area contributed by atoms with Crippen molar-refractivity contribution in [2.75, 3.05) is 5.32 Å². The van der Waals surface area contributed by atoms with Crippen LogP contribution in [0, 0.1) is 6.92 Å². The van der Waals surface area contributed by atoms with Crippen LogP contribution in [0.15, 0.2) is 33.6 Å². The van der Waals surface area contributed by atoms with E-state index in [-0.39, 0.29) is 5.56 Å². The summed E-state index contributed by atoms with van der Waals surface area (Å²) in [6.45, 7) is 6.58. The predicted octanol–water partition coefficient (Wildman–Crippen LogP) is 2.57. The van der Waals surface area contributed by atoms with Crippen LogP contribution in [-0.4, -0.2) is 14.8 Å². The Morgan fingerprint density at radius 3 is 3.05 bits per heavy atom. The number of aromatic nitrogens is 3. The van der Waals surface area contributed by atoms with Gasteiger partial charge in [0.25, 0.3) is 5.56 Å². The molecule has 0 saturated heterocycles. The first-order valence-electron chi connectivity index (χ1n) is 5.63. The van der Waals surface area contributed by atoms with Gasteiger partial charge in [0.15, 0.2) is 0 Å². The van der Waals surface area contributed by atoms with Gasteiger partial charge in [-0.3, -0.25) is 4.79 Å². The highest BCUT2D eigenvalue weighted by molar-refractivity contribution is 9.10. The molecular formula is C12H13BrN4OS. The maximum atomic E-state index is 12.0. The first kappa shape index (κ1) is 14.0. The Morgan fingerprint density at radius 1 is 1.63 bits per heavy atom. The molecule has 0 radical (unpaired) electrons. The second-order valence-electron chi connectivity index (χ2n) is 3.86. The minimum Gasteiger partial charge on any atom is -0.378 e. The van der Waals surface area contributed by atoms with Gasteiger partial charge in [-0.05, 0) is 22.9 Å². The summed E-state index contributed by atoms with van der Waals surface area (Å²) in [5.41, 5.74) is 3.31. The summed E-state index contributed by atoms with van der Waals surface area (Å²) in [5.74, 6) is 0. The standard InChI is InChI=1S/C12H13BrN4OS/c1-3-4-17-12(18)11(13)9(5-16-17)14-6-10-8(2)15-7-19-10/h3,5,7,14H,1,4,6H2,2H3. The number of nitrogens with zero attached hydrogens (tertiary/aromatic N) is 3. The van der Waals surface area contributed by atoms with Crippen molar-refractivity contribution < 1.29 is 0 Å². The molecule has 1 N–H and O–H groups in total. The molecule has 2 rings (SSSR count). The second-order valence-corrected chi connectivity index (χ2v) is 5.59. The number of allylic oxidation sites excluding steroid dienone is 1. The van der Waals surface area contributed by atoms with Crippen LogP contribution in [0.5, 0.6) is 0 Å². The summed E-state index contributed by atoms with van der Waals surface area (Å²) < 4.78 is 1.83. The molecule has 2 aromatic rings. The molecule has 0 saturated carbocycles. The number of hydrogen-bond donors (Lipinski definition) is 1. The van der Waals surface area contributed by atoms with Crippen LogP contribution in [0.4, 0.5) is 5.69 Å². The van der Waals surface area contributed by atoms with Crippen LogP contribution in [0.25, 0.3) is 0 Å². The molecule has 0 aliphatic carbocycles. The summed E-state index contributed by atoms with van der Waals surface area (Å²) in [5, 5.41) is 7.27. The Morgan fingerprint density at radius 2 is 2.42 bits per heavy atom. The molecule has 0 spiro atoms. The van der Waals surface area contributed by atoms with E-state index in [4.69, 9.17) is 0 Å². The zero-order chi connectivity index (χ0) is 13.8. The molecule has 0 atom stereocenters. The van der Waals surface area contributed by atoms with E-state index in [9.17, 15) is 4.79 Å². The summed E-state index contributed by atoms with van der Waals surface area (Å²) in [6, 6.07) is 0. The van der Waals surface area contributed by atoms with Crippen molar-refractivity contribution in [2.45, 2.75) is 20.0 Å². The Balaban J connectivity index is 2.18. The average molecular weight is 341 g/mol. The quantitative estimate of drug-likeness (QED) is 0.850. The van der Waals surface area contributed by atoms with E-state index in [1.807, 2.05) is 12.4 Å². The molecule has 7 heteroatoms. The van der Waals surface area contributed by atoms with Crippen molar-refractivity contribution in [1.82, 2.24) is 14.8 Å². The normalized spacial score (nSPS) is 10.4. The van der Waals surface area contributed by atoms with Crippen molar-refractivity contribution in [3.63, 3.8) is 0 Å². The number of thiazole rings is 1. The smallest absolute Gasteiger partial charge is 0.283 e. The average Bonchev–Trinajstić information content (AvgIpc) is 2.80. The Labute approximate surface area is 123 Å². The van der Waals surface area contributed by atoms with E-state index in [1.54, 1.807) is 23.6 Å². The van der Waals surface area contributed by atoms with Crippen LogP contribution >= 0.6 is 27.3 Å². The number of aryl methyl sites for hydroxylation is 1. The summed E-state index contributed by atoms with van der Waals surface area (Å²) in [7, 11) is 0. The number of hydrogen-bond acceptors (Lipinski definition) is 5. The third-order valence-corrected chi connectivity index (χ3v) is 4.27. The predicted molar refractivity (Wildman–Crippen MR) is 80.6 cm³/mol. The van der Waals surface area contributed by atoms with Gasteiger partial charge >= 0.3 is 0 Å². The van der Waals surface area contributed by atoms with Crippen molar-refractivity contribution in [3.8, 4) is 0 Å². The molecule has 100 valence electrons. The van der Waals surface area contributed by atoms with Gasteiger partial charge in [0, 0.05) is 4.88 Å². The molecule has 0 fully saturated rings. The highest BCUT2D eigenvalue weighted by Gasteiger charge is 2.09. The monoisotopic (exact) mass is 340 g/mol. The molecule has 19 heavy (non-hydrogen) atoms. The summed E-state index contributed by atoms with van der Waals surface area (Å²) >= 11 is 4.89. The SMILES string of the molecule is C=CCn1ncc(NCc2scnc2C)c(Br)c1=O. The van der Waals surface area contributed by atoms with Gasteiger partial charge in [0.1, 0.15) is 4.47 Å². The van der Waals surface area contributed by atoms with E-state index in [0.29, 0.717) is 23.2 Å². The zero-order valence-corrected chi connectivity index (χ0v) is 12.8. The first-order valence-corrected chi connectivity index (χ1v) is 7.30. The van der Waals surface area contributed by atoms with Crippen LogP contribution < -0.4 is 10.9 Å². The van der Waals surface area contributed by atoms with Crippen LogP contribution in [0.2, 0.25) is 0 Å². The number of nitrogens with one attached hydrogen (secondary N) is 1. The van der Waals surface area contributed by atoms with E-state index < -0.39 is 0 Å². The highest BCUT2D eigenvalue weighted by Crippen LogP contribution is 2.19. The van der Waals surface area contributed by atoms with E-state index >= 15 is 0 Å². The highest BCUT2D eigenvalue weighted by atomic mass is 79.9. The summed E-state index contributed by atoms with van der Waals surface area (Å²) in [6.07, 6.45) is 3.26. The molecule has 0 aliphatic heterocycles. The maximum Gasteiger partial charge on any atom is 0.283 e. The van der Waals surface area contributed by atoms with Gasteiger partial charge in [-0.1, -0.05) is 6.08 Å². The fraction of sp³-hybridized carbons (Fsp3) is 0.250. The zero-order valence-electron chi connectivity index (χ0n) is 10.4. The third kappa shape index (κ3) is 3.10.